The Morgan fingerprint density at radius 1 is 0.935 bits per heavy atom. The monoisotopic (exact) mass is 432 g/mol. The van der Waals surface area contributed by atoms with Crippen molar-refractivity contribution in [3.05, 3.63) is 59.7 Å². The molecule has 0 aliphatic carbocycles. The fraction of sp³-hybridized carbons (Fsp3) is 0.520. The summed E-state index contributed by atoms with van der Waals surface area (Å²) in [5.74, 6) is -1.38. The van der Waals surface area contributed by atoms with E-state index in [0.717, 1.165) is 12.8 Å². The summed E-state index contributed by atoms with van der Waals surface area (Å²) in [5, 5.41) is 9.01. The first-order valence-corrected chi connectivity index (χ1v) is 10.8. The van der Waals surface area contributed by atoms with E-state index in [4.69, 9.17) is 19.3 Å². The van der Waals surface area contributed by atoms with Crippen molar-refractivity contribution in [2.75, 3.05) is 33.5 Å². The Balaban J connectivity index is 2.63. The number of carbonyl (C=O) groups is 2. The van der Waals surface area contributed by atoms with Crippen LogP contribution in [0.4, 0.5) is 0 Å². The molecule has 1 N–H and O–H groups in total. The smallest absolute Gasteiger partial charge is 0.335 e. The number of methoxy groups -OCH3 is 1. The molecule has 0 heterocycles. The molecule has 1 unspecified atom stereocenters. The summed E-state index contributed by atoms with van der Waals surface area (Å²) in [6.07, 6.45) is 6.15. The van der Waals surface area contributed by atoms with Crippen molar-refractivity contribution in [2.45, 2.75) is 45.4 Å². The Bertz CT molecular complexity index is 707. The molecule has 31 heavy (non-hydrogen) atoms. The molecule has 172 valence electrons. The highest BCUT2D eigenvalue weighted by Gasteiger charge is 2.17. The third kappa shape index (κ3) is 10.9. The average molecular weight is 433 g/mol. The maximum atomic E-state index is 12.0. The number of aliphatic hydroxyl groups is 1. The van der Waals surface area contributed by atoms with Crippen molar-refractivity contribution < 1.29 is 28.9 Å². The zero-order chi connectivity index (χ0) is 23.1. The van der Waals surface area contributed by atoms with Gasteiger partial charge in [0.25, 0.3) is 0 Å². The lowest BCUT2D eigenvalue weighted by molar-refractivity contribution is -0.144. The van der Waals surface area contributed by atoms with Gasteiger partial charge in [-0.25, -0.2) is 9.59 Å². The minimum Gasteiger partial charge on any atom is -0.462 e. The largest absolute Gasteiger partial charge is 0.462 e. The van der Waals surface area contributed by atoms with Gasteiger partial charge in [-0.15, -0.1) is 0 Å². The van der Waals surface area contributed by atoms with E-state index in [1.807, 2.05) is 0 Å². The molecule has 0 aliphatic heterocycles. The second-order valence-corrected chi connectivity index (χ2v) is 7.67. The Labute approximate surface area is 185 Å². The number of carbonyl (C=O) groups excluding carboxylic acids is 2. The number of hydrogen-bond donors (Lipinski definition) is 1. The number of aliphatic hydroxyl groups excluding tert-OH is 1. The zero-order valence-electron chi connectivity index (χ0n) is 18.9. The molecule has 6 nitrogen and oxygen atoms in total. The van der Waals surface area contributed by atoms with E-state index in [9.17, 15) is 9.59 Å². The third-order valence-electron chi connectivity index (χ3n) is 4.92. The van der Waals surface area contributed by atoms with Gasteiger partial charge < -0.3 is 19.3 Å². The minimum absolute atomic E-state index is 0.0112. The minimum atomic E-state index is -0.654. The molecular weight excluding hydrogens is 396 g/mol. The van der Waals surface area contributed by atoms with Crippen LogP contribution >= 0.6 is 0 Å². The molecule has 6 heteroatoms. The summed E-state index contributed by atoms with van der Waals surface area (Å²) in [6.45, 7) is 9.09. The number of hydrogen-bond acceptors (Lipinski definition) is 6. The lowest BCUT2D eigenvalue weighted by atomic mass is 9.99. The van der Waals surface area contributed by atoms with Crippen LogP contribution in [0, 0.1) is 5.92 Å². The predicted molar refractivity (Wildman–Crippen MR) is 121 cm³/mol. The average Bonchev–Trinajstić information content (AvgIpc) is 2.78. The molecule has 0 aromatic heterocycles. The van der Waals surface area contributed by atoms with Crippen molar-refractivity contribution in [2.24, 2.45) is 5.92 Å². The standard InChI is InChI=1S/C25H36O6/c1-5-6-7-8-21-9-11-22(12-10-21)13-14-23(17-30-24(27)19(2)15-26)18-31-25(28)20(3)16-29-4/h9-12,23,26H,2-3,5-8,13-18H2,1,4H3. The van der Waals surface area contributed by atoms with Gasteiger partial charge in [0.1, 0.15) is 0 Å². The van der Waals surface area contributed by atoms with Crippen LogP contribution in [-0.2, 0) is 36.6 Å². The van der Waals surface area contributed by atoms with Crippen molar-refractivity contribution >= 4 is 11.9 Å². The number of aryl methyl sites for hydroxylation is 2. The van der Waals surface area contributed by atoms with Crippen LogP contribution in [0.2, 0.25) is 0 Å². The fourth-order valence-electron chi connectivity index (χ4n) is 2.93. The van der Waals surface area contributed by atoms with Crippen molar-refractivity contribution in [3.63, 3.8) is 0 Å². The van der Waals surface area contributed by atoms with Crippen molar-refractivity contribution in [1.82, 2.24) is 0 Å². The quantitative estimate of drug-likeness (QED) is 0.243. The number of rotatable bonds is 16. The second kappa shape index (κ2) is 15.4. The molecule has 0 fully saturated rings. The van der Waals surface area contributed by atoms with E-state index >= 15 is 0 Å². The number of unbranched alkanes of at least 4 members (excludes halogenated alkanes) is 2. The van der Waals surface area contributed by atoms with Crippen molar-refractivity contribution in [1.29, 1.82) is 0 Å². The maximum absolute atomic E-state index is 12.0. The number of ether oxygens (including phenoxy) is 3. The highest BCUT2D eigenvalue weighted by atomic mass is 16.5. The van der Waals surface area contributed by atoms with E-state index in [0.29, 0.717) is 6.42 Å². The van der Waals surface area contributed by atoms with Crippen LogP contribution in [0.3, 0.4) is 0 Å². The van der Waals surface area contributed by atoms with Crippen molar-refractivity contribution in [3.8, 4) is 0 Å². The molecule has 1 aromatic carbocycles. The molecule has 0 saturated carbocycles. The van der Waals surface area contributed by atoms with Gasteiger partial charge in [0.15, 0.2) is 0 Å². The molecule has 0 amide bonds. The van der Waals surface area contributed by atoms with Crippen LogP contribution in [0.25, 0.3) is 0 Å². The summed E-state index contributed by atoms with van der Waals surface area (Å²) in [5.41, 5.74) is 2.72. The molecule has 0 spiro atoms. The van der Waals surface area contributed by atoms with E-state index in [1.165, 1.54) is 37.5 Å². The molecule has 1 atom stereocenters. The van der Waals surface area contributed by atoms with Gasteiger partial charge in [-0.3, -0.25) is 0 Å². The van der Waals surface area contributed by atoms with Crippen LogP contribution in [0.5, 0.6) is 0 Å². The molecule has 1 aromatic rings. The van der Waals surface area contributed by atoms with E-state index in [1.54, 1.807) is 0 Å². The summed E-state index contributed by atoms with van der Waals surface area (Å²) in [6, 6.07) is 8.54. The summed E-state index contributed by atoms with van der Waals surface area (Å²) in [4.78, 5) is 23.8. The Hall–Kier alpha value is -2.44. The highest BCUT2D eigenvalue weighted by molar-refractivity contribution is 5.88. The first-order valence-electron chi connectivity index (χ1n) is 10.8. The second-order valence-electron chi connectivity index (χ2n) is 7.67. The number of benzene rings is 1. The lowest BCUT2D eigenvalue weighted by Crippen LogP contribution is -2.23. The normalized spacial score (nSPS) is 11.6. The molecule has 0 bridgehead atoms. The summed E-state index contributed by atoms with van der Waals surface area (Å²) < 4.78 is 15.4. The van der Waals surface area contributed by atoms with Gasteiger partial charge in [-0.05, 0) is 36.8 Å². The van der Waals surface area contributed by atoms with Gasteiger partial charge >= 0.3 is 11.9 Å². The van der Waals surface area contributed by atoms with E-state index in [2.05, 4.69) is 44.3 Å². The van der Waals surface area contributed by atoms with Crippen LogP contribution in [-0.4, -0.2) is 50.6 Å². The highest BCUT2D eigenvalue weighted by Crippen LogP contribution is 2.15. The SMILES string of the molecule is C=C(CO)C(=O)OCC(CCc1ccc(CCCCC)cc1)COC(=O)C(=C)COC. The maximum Gasteiger partial charge on any atom is 0.335 e. The topological polar surface area (TPSA) is 82.1 Å². The van der Waals surface area contributed by atoms with Gasteiger partial charge in [-0.2, -0.15) is 0 Å². The molecular formula is C25H36O6. The zero-order valence-corrected chi connectivity index (χ0v) is 18.9. The predicted octanol–water partition coefficient (Wildman–Crippen LogP) is 3.81. The van der Waals surface area contributed by atoms with E-state index in [-0.39, 0.29) is 36.9 Å². The van der Waals surface area contributed by atoms with Gasteiger partial charge in [0, 0.05) is 13.0 Å². The Morgan fingerprint density at radius 3 is 2.00 bits per heavy atom. The van der Waals surface area contributed by atoms with Gasteiger partial charge in [0.2, 0.25) is 0 Å². The third-order valence-corrected chi connectivity index (χ3v) is 4.92. The Kier molecular flexibility index (Phi) is 13.2. The van der Waals surface area contributed by atoms with Crippen LogP contribution < -0.4 is 0 Å². The molecule has 0 aliphatic rings. The van der Waals surface area contributed by atoms with Crippen LogP contribution in [0.1, 0.15) is 43.7 Å². The first-order chi connectivity index (χ1) is 14.9. The Morgan fingerprint density at radius 2 is 1.48 bits per heavy atom. The van der Waals surface area contributed by atoms with Gasteiger partial charge in [-0.1, -0.05) is 57.2 Å². The summed E-state index contributed by atoms with van der Waals surface area (Å²) >= 11 is 0. The van der Waals surface area contributed by atoms with E-state index < -0.39 is 18.5 Å². The number of esters is 2. The fourth-order valence-corrected chi connectivity index (χ4v) is 2.93. The summed E-state index contributed by atoms with van der Waals surface area (Å²) in [7, 11) is 1.48. The van der Waals surface area contributed by atoms with Crippen LogP contribution in [0.15, 0.2) is 48.6 Å². The van der Waals surface area contributed by atoms with Gasteiger partial charge in [0.05, 0.1) is 37.6 Å². The molecule has 0 radical (unpaired) electrons. The molecule has 1 rings (SSSR count). The molecule has 0 saturated heterocycles. The lowest BCUT2D eigenvalue weighted by Gasteiger charge is -2.18. The first kappa shape index (κ1) is 26.6.